The van der Waals surface area contributed by atoms with E-state index in [-0.39, 0.29) is 12.1 Å². The molecule has 0 amide bonds. The van der Waals surface area contributed by atoms with Gasteiger partial charge in [0.05, 0.1) is 10.0 Å². The van der Waals surface area contributed by atoms with E-state index in [1.54, 1.807) is 12.1 Å². The molecule has 0 heterocycles. The van der Waals surface area contributed by atoms with E-state index < -0.39 is 11.6 Å². The summed E-state index contributed by atoms with van der Waals surface area (Å²) in [5, 5.41) is 7.04. The largest absolute Gasteiger partial charge is 0.359 e. The Labute approximate surface area is 142 Å². The van der Waals surface area contributed by atoms with Crippen LogP contribution in [0.1, 0.15) is 11.1 Å². The lowest BCUT2D eigenvalue weighted by Crippen LogP contribution is -2.34. The van der Waals surface area contributed by atoms with Gasteiger partial charge in [-0.05, 0) is 48.1 Å². The molecule has 0 spiro atoms. The minimum Gasteiger partial charge on any atom is -0.359 e. The minimum absolute atomic E-state index is 0.0940. The molecular formula is C15H12Cl2F2N2S. The van der Waals surface area contributed by atoms with Crippen LogP contribution in [0.5, 0.6) is 0 Å². The fourth-order valence-corrected chi connectivity index (χ4v) is 2.21. The summed E-state index contributed by atoms with van der Waals surface area (Å²) in [4.78, 5) is 0. The molecule has 0 unspecified atom stereocenters. The highest BCUT2D eigenvalue weighted by Gasteiger charge is 2.05. The van der Waals surface area contributed by atoms with Crippen molar-refractivity contribution in [2.24, 2.45) is 0 Å². The second-order valence-electron chi connectivity index (χ2n) is 4.52. The fraction of sp³-hybridized carbons (Fsp3) is 0.133. The van der Waals surface area contributed by atoms with Crippen molar-refractivity contribution in [1.82, 2.24) is 10.6 Å². The van der Waals surface area contributed by atoms with Gasteiger partial charge in [0.15, 0.2) is 5.11 Å². The predicted octanol–water partition coefficient (Wildman–Crippen LogP) is 4.44. The van der Waals surface area contributed by atoms with Crippen LogP contribution in [-0.2, 0) is 13.1 Å². The third kappa shape index (κ3) is 4.80. The molecule has 0 aliphatic rings. The summed E-state index contributed by atoms with van der Waals surface area (Å²) in [6.07, 6.45) is 0. The second kappa shape index (κ2) is 7.72. The first-order chi connectivity index (χ1) is 10.5. The standard InChI is InChI=1S/C15H12Cl2F2N2S/c16-12-3-1-9(5-13(12)17)7-20-15(22)21-8-10-6-11(18)2-4-14(10)19/h1-6H,7-8H2,(H2,20,21,22). The van der Waals surface area contributed by atoms with Crippen LogP contribution in [0.4, 0.5) is 8.78 Å². The average Bonchev–Trinajstić information content (AvgIpc) is 2.49. The summed E-state index contributed by atoms with van der Waals surface area (Å²) >= 11 is 16.8. The van der Waals surface area contributed by atoms with Crippen molar-refractivity contribution in [3.63, 3.8) is 0 Å². The van der Waals surface area contributed by atoms with Gasteiger partial charge in [-0.3, -0.25) is 0 Å². The molecule has 0 aromatic heterocycles. The highest BCUT2D eigenvalue weighted by Crippen LogP contribution is 2.22. The zero-order valence-electron chi connectivity index (χ0n) is 11.3. The molecule has 2 N–H and O–H groups in total. The molecular weight excluding hydrogens is 349 g/mol. The van der Waals surface area contributed by atoms with E-state index in [1.807, 2.05) is 6.07 Å². The lowest BCUT2D eigenvalue weighted by Gasteiger charge is -2.11. The van der Waals surface area contributed by atoms with Gasteiger partial charge in [0.1, 0.15) is 11.6 Å². The maximum atomic E-state index is 13.5. The third-order valence-electron chi connectivity index (χ3n) is 2.88. The fourth-order valence-electron chi connectivity index (χ4n) is 1.75. The van der Waals surface area contributed by atoms with E-state index in [0.29, 0.717) is 21.7 Å². The summed E-state index contributed by atoms with van der Waals surface area (Å²) in [5.74, 6) is -0.978. The van der Waals surface area contributed by atoms with Gasteiger partial charge < -0.3 is 10.6 Å². The van der Waals surface area contributed by atoms with Crippen LogP contribution >= 0.6 is 35.4 Å². The van der Waals surface area contributed by atoms with Crippen LogP contribution in [0.15, 0.2) is 36.4 Å². The number of nitrogens with one attached hydrogen (secondary N) is 2. The first kappa shape index (κ1) is 16.9. The Morgan fingerprint density at radius 2 is 1.68 bits per heavy atom. The van der Waals surface area contributed by atoms with Crippen molar-refractivity contribution in [2.75, 3.05) is 0 Å². The summed E-state index contributed by atoms with van der Waals surface area (Å²) < 4.78 is 26.5. The molecule has 0 atom stereocenters. The second-order valence-corrected chi connectivity index (χ2v) is 5.74. The van der Waals surface area contributed by atoms with Crippen LogP contribution in [0, 0.1) is 11.6 Å². The van der Waals surface area contributed by atoms with Crippen molar-refractivity contribution < 1.29 is 8.78 Å². The van der Waals surface area contributed by atoms with Gasteiger partial charge in [-0.2, -0.15) is 0 Å². The lowest BCUT2D eigenvalue weighted by atomic mass is 10.2. The molecule has 2 aromatic rings. The highest BCUT2D eigenvalue weighted by atomic mass is 35.5. The highest BCUT2D eigenvalue weighted by molar-refractivity contribution is 7.80. The Bertz CT molecular complexity index is 695. The van der Waals surface area contributed by atoms with Gasteiger partial charge >= 0.3 is 0 Å². The minimum atomic E-state index is -0.493. The lowest BCUT2D eigenvalue weighted by molar-refractivity contribution is 0.581. The smallest absolute Gasteiger partial charge is 0.166 e. The quantitative estimate of drug-likeness (QED) is 0.788. The van der Waals surface area contributed by atoms with Crippen LogP contribution in [0.3, 0.4) is 0 Å². The third-order valence-corrected chi connectivity index (χ3v) is 3.91. The number of thiocarbonyl (C=S) groups is 1. The summed E-state index contributed by atoms with van der Waals surface area (Å²) in [6, 6.07) is 8.52. The van der Waals surface area contributed by atoms with Crippen LogP contribution < -0.4 is 10.6 Å². The molecule has 7 heteroatoms. The topological polar surface area (TPSA) is 24.1 Å². The molecule has 0 bridgehead atoms. The van der Waals surface area contributed by atoms with E-state index in [1.165, 1.54) is 0 Å². The van der Waals surface area contributed by atoms with Crippen molar-refractivity contribution in [2.45, 2.75) is 13.1 Å². The van der Waals surface area contributed by atoms with Crippen molar-refractivity contribution in [1.29, 1.82) is 0 Å². The van der Waals surface area contributed by atoms with Gasteiger partial charge in [-0.1, -0.05) is 29.3 Å². The average molecular weight is 361 g/mol. The van der Waals surface area contributed by atoms with Crippen LogP contribution in [0.25, 0.3) is 0 Å². The molecule has 2 rings (SSSR count). The Balaban J connectivity index is 1.85. The molecule has 0 aliphatic carbocycles. The maximum absolute atomic E-state index is 13.5. The first-order valence-corrected chi connectivity index (χ1v) is 7.51. The van der Waals surface area contributed by atoms with Gasteiger partial charge in [-0.25, -0.2) is 8.78 Å². The normalized spacial score (nSPS) is 10.4. The van der Waals surface area contributed by atoms with Crippen molar-refractivity contribution in [3.8, 4) is 0 Å². The van der Waals surface area contributed by atoms with E-state index in [0.717, 1.165) is 23.8 Å². The number of benzene rings is 2. The Morgan fingerprint density at radius 3 is 2.41 bits per heavy atom. The Morgan fingerprint density at radius 1 is 0.955 bits per heavy atom. The van der Waals surface area contributed by atoms with Crippen molar-refractivity contribution >= 4 is 40.5 Å². The van der Waals surface area contributed by atoms with Gasteiger partial charge in [0, 0.05) is 18.7 Å². The van der Waals surface area contributed by atoms with E-state index >= 15 is 0 Å². The molecule has 2 aromatic carbocycles. The summed E-state index contributed by atoms with van der Waals surface area (Å²) in [7, 11) is 0. The first-order valence-electron chi connectivity index (χ1n) is 6.35. The van der Waals surface area contributed by atoms with E-state index in [2.05, 4.69) is 10.6 Å². The molecule has 116 valence electrons. The number of hydrogen-bond donors (Lipinski definition) is 2. The zero-order valence-corrected chi connectivity index (χ0v) is 13.6. The molecule has 0 radical (unpaired) electrons. The predicted molar refractivity (Wildman–Crippen MR) is 89.1 cm³/mol. The van der Waals surface area contributed by atoms with Crippen LogP contribution in [0.2, 0.25) is 10.0 Å². The monoisotopic (exact) mass is 360 g/mol. The van der Waals surface area contributed by atoms with Gasteiger partial charge in [0.2, 0.25) is 0 Å². The molecule has 0 saturated carbocycles. The number of hydrogen-bond acceptors (Lipinski definition) is 1. The molecule has 0 saturated heterocycles. The molecule has 0 fully saturated rings. The number of rotatable bonds is 4. The SMILES string of the molecule is Fc1ccc(F)c(CNC(=S)NCc2ccc(Cl)c(Cl)c2)c1. The molecule has 2 nitrogen and oxygen atoms in total. The summed E-state index contributed by atoms with van der Waals surface area (Å²) in [6.45, 7) is 0.533. The van der Waals surface area contributed by atoms with E-state index in [9.17, 15) is 8.78 Å². The molecule has 0 aliphatic heterocycles. The summed E-state index contributed by atoms with van der Waals surface area (Å²) in [5.41, 5.74) is 1.11. The van der Waals surface area contributed by atoms with E-state index in [4.69, 9.17) is 35.4 Å². The maximum Gasteiger partial charge on any atom is 0.166 e. The zero-order chi connectivity index (χ0) is 16.1. The van der Waals surface area contributed by atoms with Gasteiger partial charge in [0.25, 0.3) is 0 Å². The molecule has 22 heavy (non-hydrogen) atoms. The Kier molecular flexibility index (Phi) is 5.94. The van der Waals surface area contributed by atoms with Gasteiger partial charge in [-0.15, -0.1) is 0 Å². The Hall–Kier alpha value is -1.43. The van der Waals surface area contributed by atoms with Crippen LogP contribution in [-0.4, -0.2) is 5.11 Å². The number of halogens is 4. The van der Waals surface area contributed by atoms with Crippen molar-refractivity contribution in [3.05, 3.63) is 69.2 Å².